The molecule has 0 fully saturated rings. The second-order valence-corrected chi connectivity index (χ2v) is 6.64. The van der Waals surface area contributed by atoms with Crippen LogP contribution in [0.1, 0.15) is 27.2 Å². The van der Waals surface area contributed by atoms with Crippen LogP contribution in [-0.4, -0.2) is 33.5 Å². The largest absolute Gasteiger partial charge is 0.488 e. The summed E-state index contributed by atoms with van der Waals surface area (Å²) in [7, 11) is 0. The molecule has 1 aromatic heterocycles. The minimum absolute atomic E-state index is 0.109. The Morgan fingerprint density at radius 2 is 2.12 bits per heavy atom. The van der Waals surface area contributed by atoms with Gasteiger partial charge >= 0.3 is 0 Å². The lowest BCUT2D eigenvalue weighted by Gasteiger charge is -2.31. The number of carbonyl (C=O) groups is 1. The molecule has 2 rings (SSSR count). The van der Waals surface area contributed by atoms with Gasteiger partial charge in [-0.1, -0.05) is 38.1 Å². The summed E-state index contributed by atoms with van der Waals surface area (Å²) in [5, 5.41) is 10.5. The van der Waals surface area contributed by atoms with Crippen molar-refractivity contribution in [1.29, 1.82) is 0 Å². The van der Waals surface area contributed by atoms with E-state index in [9.17, 15) is 9.18 Å². The monoisotopic (exact) mass is 334 g/mol. The lowest BCUT2D eigenvalue weighted by Crippen LogP contribution is -2.47. The van der Waals surface area contributed by atoms with E-state index in [4.69, 9.17) is 4.74 Å². The molecule has 1 aromatic carbocycles. The van der Waals surface area contributed by atoms with Crippen molar-refractivity contribution in [2.75, 3.05) is 6.61 Å². The number of hydrogen-bond donors (Lipinski definition) is 1. The number of nitrogens with zero attached hydrogens (tertiary/aromatic N) is 3. The van der Waals surface area contributed by atoms with E-state index < -0.39 is 5.82 Å². The van der Waals surface area contributed by atoms with E-state index in [0.29, 0.717) is 6.54 Å². The standard InChI is InChI=1S/C17H23FN4O2/c1-17(2,3)15(12-24-14-7-5-4-6-13(14)18)20-16(23)8-10-22-11-9-19-21-22/h4-7,9,11,15H,8,10,12H2,1-3H3,(H,20,23)/t15-/m0/s1. The summed E-state index contributed by atoms with van der Waals surface area (Å²) in [5.41, 5.74) is -0.228. The lowest BCUT2D eigenvalue weighted by molar-refractivity contribution is -0.123. The maximum atomic E-state index is 13.6. The van der Waals surface area contributed by atoms with Gasteiger partial charge < -0.3 is 10.1 Å². The fourth-order valence-corrected chi connectivity index (χ4v) is 2.08. The van der Waals surface area contributed by atoms with Gasteiger partial charge in [0.25, 0.3) is 0 Å². The molecule has 1 atom stereocenters. The molecule has 0 unspecified atom stereocenters. The topological polar surface area (TPSA) is 69.0 Å². The average molecular weight is 334 g/mol. The number of carbonyl (C=O) groups excluding carboxylic acids is 1. The van der Waals surface area contributed by atoms with Crippen LogP contribution in [0, 0.1) is 11.2 Å². The van der Waals surface area contributed by atoms with Crippen molar-refractivity contribution in [1.82, 2.24) is 20.3 Å². The number of halogens is 1. The Bertz CT molecular complexity index is 653. The summed E-state index contributed by atoms with van der Waals surface area (Å²) in [6, 6.07) is 5.98. The first-order chi connectivity index (χ1) is 11.4. The third-order valence-electron chi connectivity index (χ3n) is 3.66. The van der Waals surface area contributed by atoms with Crippen LogP contribution in [0.25, 0.3) is 0 Å². The first kappa shape index (κ1) is 17.9. The Kier molecular flexibility index (Phi) is 5.89. The highest BCUT2D eigenvalue weighted by Crippen LogP contribution is 2.22. The summed E-state index contributed by atoms with van der Waals surface area (Å²) in [6.07, 6.45) is 3.56. The molecule has 0 spiro atoms. The van der Waals surface area contributed by atoms with Gasteiger partial charge in [0.15, 0.2) is 11.6 Å². The Labute approximate surface area is 141 Å². The molecule has 130 valence electrons. The van der Waals surface area contributed by atoms with Gasteiger partial charge in [0, 0.05) is 12.6 Å². The van der Waals surface area contributed by atoms with E-state index in [1.54, 1.807) is 35.3 Å². The number of aryl methyl sites for hydroxylation is 1. The molecule has 7 heteroatoms. The van der Waals surface area contributed by atoms with Gasteiger partial charge in [-0.25, -0.2) is 4.39 Å². The predicted molar refractivity (Wildman–Crippen MR) is 87.9 cm³/mol. The molecule has 0 radical (unpaired) electrons. The van der Waals surface area contributed by atoms with Crippen molar-refractivity contribution < 1.29 is 13.9 Å². The Morgan fingerprint density at radius 3 is 2.75 bits per heavy atom. The van der Waals surface area contributed by atoms with Crippen LogP contribution < -0.4 is 10.1 Å². The number of amides is 1. The van der Waals surface area contributed by atoms with Crippen LogP contribution in [0.2, 0.25) is 0 Å². The maximum Gasteiger partial charge on any atom is 0.222 e. The van der Waals surface area contributed by atoms with E-state index in [2.05, 4.69) is 15.6 Å². The molecule has 1 heterocycles. The first-order valence-corrected chi connectivity index (χ1v) is 7.87. The molecule has 0 aliphatic heterocycles. The summed E-state index contributed by atoms with van der Waals surface area (Å²) in [4.78, 5) is 12.2. The number of aromatic nitrogens is 3. The highest BCUT2D eigenvalue weighted by molar-refractivity contribution is 5.76. The molecule has 24 heavy (non-hydrogen) atoms. The van der Waals surface area contributed by atoms with Gasteiger partial charge in [-0.15, -0.1) is 5.10 Å². The van der Waals surface area contributed by atoms with Gasteiger partial charge in [-0.2, -0.15) is 0 Å². The minimum atomic E-state index is -0.414. The Balaban J connectivity index is 1.90. The van der Waals surface area contributed by atoms with E-state index >= 15 is 0 Å². The third-order valence-corrected chi connectivity index (χ3v) is 3.66. The van der Waals surface area contributed by atoms with Gasteiger partial charge in [0.05, 0.1) is 18.8 Å². The quantitative estimate of drug-likeness (QED) is 0.844. The number of hydrogen-bond acceptors (Lipinski definition) is 4. The van der Waals surface area contributed by atoms with E-state index in [-0.39, 0.29) is 36.1 Å². The summed E-state index contributed by atoms with van der Waals surface area (Å²) >= 11 is 0. The highest BCUT2D eigenvalue weighted by atomic mass is 19.1. The second-order valence-electron chi connectivity index (χ2n) is 6.64. The number of nitrogens with one attached hydrogen (secondary N) is 1. The van der Waals surface area contributed by atoms with Crippen molar-refractivity contribution in [2.45, 2.75) is 39.8 Å². The second kappa shape index (κ2) is 7.90. The summed E-state index contributed by atoms with van der Waals surface area (Å²) in [6.45, 7) is 6.65. The molecule has 1 amide bonds. The van der Waals surface area contributed by atoms with Crippen LogP contribution in [-0.2, 0) is 11.3 Å². The van der Waals surface area contributed by atoms with Gasteiger partial charge in [0.1, 0.15) is 6.61 Å². The summed E-state index contributed by atoms with van der Waals surface area (Å²) < 4.78 is 20.8. The van der Waals surface area contributed by atoms with Gasteiger partial charge in [-0.3, -0.25) is 9.48 Å². The zero-order valence-corrected chi connectivity index (χ0v) is 14.2. The molecule has 6 nitrogen and oxygen atoms in total. The average Bonchev–Trinajstić information content (AvgIpc) is 3.03. The molecule has 0 bridgehead atoms. The first-order valence-electron chi connectivity index (χ1n) is 7.87. The Morgan fingerprint density at radius 1 is 1.38 bits per heavy atom. The van der Waals surface area contributed by atoms with Gasteiger partial charge in [0.2, 0.25) is 5.91 Å². The fraction of sp³-hybridized carbons (Fsp3) is 0.471. The van der Waals surface area contributed by atoms with Crippen molar-refractivity contribution in [2.24, 2.45) is 5.41 Å². The van der Waals surface area contributed by atoms with Crippen LogP contribution in [0.15, 0.2) is 36.7 Å². The highest BCUT2D eigenvalue weighted by Gasteiger charge is 2.27. The van der Waals surface area contributed by atoms with Crippen molar-refractivity contribution in [3.8, 4) is 5.75 Å². The number of para-hydroxylation sites is 1. The smallest absolute Gasteiger partial charge is 0.222 e. The number of rotatable bonds is 7. The molecule has 2 aromatic rings. The molecule has 0 saturated heterocycles. The zero-order valence-electron chi connectivity index (χ0n) is 14.2. The predicted octanol–water partition coefficient (Wildman–Crippen LogP) is 2.42. The van der Waals surface area contributed by atoms with Crippen molar-refractivity contribution in [3.05, 3.63) is 42.5 Å². The SMILES string of the molecule is CC(C)(C)[C@H](COc1ccccc1F)NC(=O)CCn1ccnn1. The number of ether oxygens (including phenoxy) is 1. The van der Waals surface area contributed by atoms with Crippen LogP contribution in [0.4, 0.5) is 4.39 Å². The number of benzene rings is 1. The van der Waals surface area contributed by atoms with Crippen molar-refractivity contribution >= 4 is 5.91 Å². The Hall–Kier alpha value is -2.44. The molecular formula is C17H23FN4O2. The summed E-state index contributed by atoms with van der Waals surface area (Å²) in [5.74, 6) is -0.339. The van der Waals surface area contributed by atoms with Gasteiger partial charge in [-0.05, 0) is 17.5 Å². The third kappa shape index (κ3) is 5.33. The van der Waals surface area contributed by atoms with Crippen LogP contribution in [0.5, 0.6) is 5.75 Å². The molecule has 0 aliphatic rings. The lowest BCUT2D eigenvalue weighted by atomic mass is 9.87. The molecular weight excluding hydrogens is 311 g/mol. The zero-order chi connectivity index (χ0) is 17.6. The van der Waals surface area contributed by atoms with Crippen LogP contribution >= 0.6 is 0 Å². The van der Waals surface area contributed by atoms with E-state index in [1.165, 1.54) is 6.07 Å². The maximum absolute atomic E-state index is 13.6. The molecule has 0 aliphatic carbocycles. The normalized spacial score (nSPS) is 12.7. The minimum Gasteiger partial charge on any atom is -0.488 e. The van der Waals surface area contributed by atoms with E-state index in [0.717, 1.165) is 0 Å². The van der Waals surface area contributed by atoms with Crippen LogP contribution in [0.3, 0.4) is 0 Å². The fourth-order valence-electron chi connectivity index (χ4n) is 2.08. The van der Waals surface area contributed by atoms with Crippen molar-refractivity contribution in [3.63, 3.8) is 0 Å². The van der Waals surface area contributed by atoms with E-state index in [1.807, 2.05) is 20.8 Å². The molecule has 0 saturated carbocycles. The molecule has 1 N–H and O–H groups in total.